The molecule has 2 rings (SSSR count). The van der Waals surface area contributed by atoms with Crippen LogP contribution in [0.4, 0.5) is 0 Å². The van der Waals surface area contributed by atoms with E-state index < -0.39 is 11.9 Å². The van der Waals surface area contributed by atoms with E-state index in [9.17, 15) is 9.59 Å². The number of carbonyl (C=O) groups is 2. The van der Waals surface area contributed by atoms with Crippen LogP contribution >= 0.6 is 0 Å². The molecule has 5 heteroatoms. The van der Waals surface area contributed by atoms with Gasteiger partial charge in [-0.2, -0.15) is 0 Å². The second kappa shape index (κ2) is 3.24. The Balaban J connectivity index is 2.21. The molecule has 5 nitrogen and oxygen atoms in total. The van der Waals surface area contributed by atoms with Gasteiger partial charge in [-0.25, -0.2) is 0 Å². The van der Waals surface area contributed by atoms with Crippen molar-refractivity contribution >= 4 is 11.8 Å². The Labute approximate surface area is 82.0 Å². The van der Waals surface area contributed by atoms with Crippen molar-refractivity contribution in [1.82, 2.24) is 5.32 Å². The monoisotopic (exact) mass is 198 g/mol. The molecule has 2 heterocycles. The third kappa shape index (κ3) is 1.37. The number of rotatable bonds is 1. The Bertz CT molecular complexity index is 271. The van der Waals surface area contributed by atoms with Gasteiger partial charge in [0.15, 0.2) is 0 Å². The summed E-state index contributed by atoms with van der Waals surface area (Å²) in [6, 6.07) is -0.501. The minimum Gasteiger partial charge on any atom is -0.381 e. The zero-order valence-electron chi connectivity index (χ0n) is 7.91. The molecule has 2 aliphatic heterocycles. The van der Waals surface area contributed by atoms with E-state index in [-0.39, 0.29) is 11.3 Å². The predicted octanol–water partition coefficient (Wildman–Crippen LogP) is -0.843. The first-order chi connectivity index (χ1) is 6.64. The number of nitrogens with one attached hydrogen (secondary N) is 1. The molecule has 2 saturated heterocycles. The lowest BCUT2D eigenvalue weighted by atomic mass is 9.73. The van der Waals surface area contributed by atoms with Crippen molar-refractivity contribution in [3.8, 4) is 0 Å². The molecular formula is C9H14N2O3. The molecule has 0 aliphatic carbocycles. The molecule has 1 atom stereocenters. The van der Waals surface area contributed by atoms with Crippen molar-refractivity contribution in [2.24, 2.45) is 11.1 Å². The summed E-state index contributed by atoms with van der Waals surface area (Å²) in [5, 5.41) is 2.64. The van der Waals surface area contributed by atoms with Crippen LogP contribution in [0, 0.1) is 5.41 Å². The molecule has 1 unspecified atom stereocenters. The summed E-state index contributed by atoms with van der Waals surface area (Å²) in [5.74, 6) is -0.506. The average Bonchev–Trinajstić information content (AvgIpc) is 2.44. The lowest BCUT2D eigenvalue weighted by molar-refractivity contribution is -0.125. The van der Waals surface area contributed by atoms with Gasteiger partial charge in [0.2, 0.25) is 11.8 Å². The molecule has 0 bridgehead atoms. The Hall–Kier alpha value is -1.10. The molecule has 0 radical (unpaired) electrons. The van der Waals surface area contributed by atoms with E-state index in [1.54, 1.807) is 0 Å². The first-order valence-electron chi connectivity index (χ1n) is 4.80. The maximum atomic E-state index is 11.3. The SMILES string of the molecule is NC(=O)C1NC(=O)CC12CCOCC2. The summed E-state index contributed by atoms with van der Waals surface area (Å²) in [6.07, 6.45) is 1.88. The summed E-state index contributed by atoms with van der Waals surface area (Å²) in [7, 11) is 0. The largest absolute Gasteiger partial charge is 0.381 e. The fourth-order valence-corrected chi connectivity index (χ4v) is 2.40. The van der Waals surface area contributed by atoms with Gasteiger partial charge in [0.05, 0.1) is 0 Å². The van der Waals surface area contributed by atoms with Crippen molar-refractivity contribution in [3.63, 3.8) is 0 Å². The highest BCUT2D eigenvalue weighted by Gasteiger charge is 2.50. The Morgan fingerprint density at radius 3 is 2.71 bits per heavy atom. The first-order valence-corrected chi connectivity index (χ1v) is 4.80. The van der Waals surface area contributed by atoms with Crippen molar-refractivity contribution in [3.05, 3.63) is 0 Å². The van der Waals surface area contributed by atoms with Crippen LogP contribution in [-0.2, 0) is 14.3 Å². The van der Waals surface area contributed by atoms with E-state index in [0.29, 0.717) is 19.6 Å². The molecular weight excluding hydrogens is 184 g/mol. The van der Waals surface area contributed by atoms with Gasteiger partial charge in [-0.3, -0.25) is 9.59 Å². The molecule has 14 heavy (non-hydrogen) atoms. The molecule has 2 aliphatic rings. The van der Waals surface area contributed by atoms with Crippen molar-refractivity contribution in [1.29, 1.82) is 0 Å². The lowest BCUT2D eigenvalue weighted by Gasteiger charge is -2.35. The van der Waals surface area contributed by atoms with Gasteiger partial charge in [0, 0.05) is 25.0 Å². The highest BCUT2D eigenvalue weighted by molar-refractivity contribution is 5.91. The van der Waals surface area contributed by atoms with Gasteiger partial charge >= 0.3 is 0 Å². The topological polar surface area (TPSA) is 81.4 Å². The maximum Gasteiger partial charge on any atom is 0.240 e. The lowest BCUT2D eigenvalue weighted by Crippen LogP contribution is -2.49. The standard InChI is InChI=1S/C9H14N2O3/c10-8(13)7-9(5-6(12)11-7)1-3-14-4-2-9/h7H,1-5H2,(H2,10,13)(H,11,12). The Kier molecular flexibility index (Phi) is 2.19. The quantitative estimate of drug-likeness (QED) is 0.576. The minimum absolute atomic E-state index is 0.0734. The van der Waals surface area contributed by atoms with Crippen LogP contribution in [0.15, 0.2) is 0 Å². The van der Waals surface area contributed by atoms with Crippen LogP contribution in [0.5, 0.6) is 0 Å². The summed E-state index contributed by atoms with van der Waals surface area (Å²) in [4.78, 5) is 22.5. The van der Waals surface area contributed by atoms with Gasteiger partial charge < -0.3 is 15.8 Å². The van der Waals surface area contributed by atoms with Gasteiger partial charge in [-0.1, -0.05) is 0 Å². The molecule has 78 valence electrons. The average molecular weight is 198 g/mol. The van der Waals surface area contributed by atoms with Crippen molar-refractivity contribution in [2.75, 3.05) is 13.2 Å². The predicted molar refractivity (Wildman–Crippen MR) is 48.2 cm³/mol. The maximum absolute atomic E-state index is 11.3. The first kappa shape index (κ1) is 9.45. The van der Waals surface area contributed by atoms with E-state index in [4.69, 9.17) is 10.5 Å². The van der Waals surface area contributed by atoms with Crippen molar-refractivity contribution in [2.45, 2.75) is 25.3 Å². The van der Waals surface area contributed by atoms with E-state index in [2.05, 4.69) is 5.32 Å². The number of nitrogens with two attached hydrogens (primary N) is 1. The van der Waals surface area contributed by atoms with Crippen LogP contribution in [0.2, 0.25) is 0 Å². The molecule has 0 saturated carbocycles. The van der Waals surface area contributed by atoms with E-state index in [0.717, 1.165) is 12.8 Å². The zero-order valence-corrected chi connectivity index (χ0v) is 7.91. The molecule has 2 amide bonds. The molecule has 3 N–H and O–H groups in total. The molecule has 1 spiro atoms. The van der Waals surface area contributed by atoms with E-state index in [1.807, 2.05) is 0 Å². The highest BCUT2D eigenvalue weighted by Crippen LogP contribution is 2.41. The van der Waals surface area contributed by atoms with Gasteiger partial charge in [-0.05, 0) is 12.8 Å². The van der Waals surface area contributed by atoms with E-state index in [1.165, 1.54) is 0 Å². The number of amides is 2. The van der Waals surface area contributed by atoms with Crippen molar-refractivity contribution < 1.29 is 14.3 Å². The second-order valence-corrected chi connectivity index (χ2v) is 4.05. The smallest absolute Gasteiger partial charge is 0.240 e. The number of hydrogen-bond acceptors (Lipinski definition) is 3. The highest BCUT2D eigenvalue weighted by atomic mass is 16.5. The third-order valence-electron chi connectivity index (χ3n) is 3.20. The summed E-state index contributed by atoms with van der Waals surface area (Å²) in [6.45, 7) is 1.22. The summed E-state index contributed by atoms with van der Waals surface area (Å²) in [5.41, 5.74) is 4.99. The Morgan fingerprint density at radius 1 is 1.50 bits per heavy atom. The number of carbonyl (C=O) groups excluding carboxylic acids is 2. The normalized spacial score (nSPS) is 30.3. The number of ether oxygens (including phenoxy) is 1. The second-order valence-electron chi connectivity index (χ2n) is 4.05. The van der Waals surface area contributed by atoms with Crippen LogP contribution in [0.1, 0.15) is 19.3 Å². The van der Waals surface area contributed by atoms with Crippen LogP contribution in [0.3, 0.4) is 0 Å². The number of primary amides is 1. The Morgan fingerprint density at radius 2 is 2.14 bits per heavy atom. The zero-order chi connectivity index (χ0) is 10.2. The fraction of sp³-hybridized carbons (Fsp3) is 0.778. The van der Waals surface area contributed by atoms with Crippen LogP contribution in [-0.4, -0.2) is 31.1 Å². The molecule has 0 aromatic carbocycles. The fourth-order valence-electron chi connectivity index (χ4n) is 2.40. The molecule has 2 fully saturated rings. The van der Waals surface area contributed by atoms with E-state index >= 15 is 0 Å². The molecule has 0 aromatic rings. The summed E-state index contributed by atoms with van der Waals surface area (Å²) < 4.78 is 5.23. The van der Waals surface area contributed by atoms with Gasteiger partial charge in [0.1, 0.15) is 6.04 Å². The third-order valence-corrected chi connectivity index (χ3v) is 3.20. The summed E-state index contributed by atoms with van der Waals surface area (Å²) >= 11 is 0. The van der Waals surface area contributed by atoms with Gasteiger partial charge in [0.25, 0.3) is 0 Å². The van der Waals surface area contributed by atoms with Gasteiger partial charge in [-0.15, -0.1) is 0 Å². The van der Waals surface area contributed by atoms with Crippen LogP contribution in [0.25, 0.3) is 0 Å². The molecule has 0 aromatic heterocycles. The number of hydrogen-bond donors (Lipinski definition) is 2. The van der Waals surface area contributed by atoms with Crippen LogP contribution < -0.4 is 11.1 Å². The minimum atomic E-state index is -0.501.